The molecule has 0 saturated carbocycles. The fourth-order valence-corrected chi connectivity index (χ4v) is 1.53. The largest absolute Gasteiger partial charge is 0.352 e. The average Bonchev–Trinajstić information content (AvgIpc) is 2.74. The van der Waals surface area contributed by atoms with E-state index in [0.717, 1.165) is 5.13 Å². The Morgan fingerprint density at radius 3 is 3.08 bits per heavy atom. The molecule has 1 N–H and O–H groups in total. The van der Waals surface area contributed by atoms with Crippen LogP contribution in [0.15, 0.2) is 22.5 Å². The molecular formula is C7H8N4OS. The Bertz CT molecular complexity index is 344. The standard InChI is InChI=1S/C7H8N4OS/c1-5(6-9-4-12-11-6)10-7-8-2-3-13-7/h2-5H,1H3,(H,8,10). The van der Waals surface area contributed by atoms with Gasteiger partial charge in [0.1, 0.15) is 0 Å². The minimum atomic E-state index is 0.0184. The van der Waals surface area contributed by atoms with E-state index in [9.17, 15) is 0 Å². The lowest BCUT2D eigenvalue weighted by Crippen LogP contribution is -2.07. The number of rotatable bonds is 3. The number of anilines is 1. The van der Waals surface area contributed by atoms with Gasteiger partial charge < -0.3 is 9.84 Å². The second-order valence-corrected chi connectivity index (χ2v) is 3.39. The highest BCUT2D eigenvalue weighted by molar-refractivity contribution is 7.13. The molecule has 0 spiro atoms. The van der Waals surface area contributed by atoms with Gasteiger partial charge in [0.05, 0.1) is 6.04 Å². The molecule has 0 aliphatic heterocycles. The number of thiazole rings is 1. The quantitative estimate of drug-likeness (QED) is 0.809. The van der Waals surface area contributed by atoms with Crippen molar-refractivity contribution >= 4 is 16.5 Å². The Labute approximate surface area is 78.8 Å². The first-order valence-corrected chi connectivity index (χ1v) is 4.66. The van der Waals surface area contributed by atoms with Gasteiger partial charge in [0.2, 0.25) is 6.39 Å². The van der Waals surface area contributed by atoms with Crippen LogP contribution in [-0.4, -0.2) is 15.1 Å². The molecule has 0 aliphatic carbocycles. The zero-order valence-corrected chi connectivity index (χ0v) is 7.78. The monoisotopic (exact) mass is 196 g/mol. The molecule has 0 amide bonds. The van der Waals surface area contributed by atoms with E-state index in [1.54, 1.807) is 17.5 Å². The molecule has 0 bridgehead atoms. The van der Waals surface area contributed by atoms with Gasteiger partial charge in [-0.15, -0.1) is 11.3 Å². The zero-order chi connectivity index (χ0) is 9.10. The molecule has 1 unspecified atom stereocenters. The molecule has 13 heavy (non-hydrogen) atoms. The third-order valence-electron chi connectivity index (χ3n) is 1.54. The van der Waals surface area contributed by atoms with Gasteiger partial charge in [-0.3, -0.25) is 0 Å². The van der Waals surface area contributed by atoms with Gasteiger partial charge in [-0.25, -0.2) is 4.98 Å². The van der Waals surface area contributed by atoms with Crippen molar-refractivity contribution in [3.63, 3.8) is 0 Å². The van der Waals surface area contributed by atoms with Crippen molar-refractivity contribution < 1.29 is 4.52 Å². The molecule has 2 rings (SSSR count). The Morgan fingerprint density at radius 1 is 1.54 bits per heavy atom. The summed E-state index contributed by atoms with van der Waals surface area (Å²) in [6.45, 7) is 1.95. The summed E-state index contributed by atoms with van der Waals surface area (Å²) in [5.41, 5.74) is 0. The maximum atomic E-state index is 4.64. The number of aromatic nitrogens is 3. The maximum absolute atomic E-state index is 4.64. The van der Waals surface area contributed by atoms with Gasteiger partial charge in [0.25, 0.3) is 0 Å². The summed E-state index contributed by atoms with van der Waals surface area (Å²) in [5, 5.41) is 9.64. The van der Waals surface area contributed by atoms with Crippen LogP contribution < -0.4 is 5.32 Å². The van der Waals surface area contributed by atoms with Crippen molar-refractivity contribution in [2.45, 2.75) is 13.0 Å². The van der Waals surface area contributed by atoms with Crippen molar-refractivity contribution in [3.8, 4) is 0 Å². The van der Waals surface area contributed by atoms with E-state index in [-0.39, 0.29) is 6.04 Å². The molecule has 0 radical (unpaired) electrons. The first-order chi connectivity index (χ1) is 6.36. The molecule has 0 aromatic carbocycles. The van der Waals surface area contributed by atoms with Crippen molar-refractivity contribution in [2.75, 3.05) is 5.32 Å². The third-order valence-corrected chi connectivity index (χ3v) is 2.24. The molecule has 0 saturated heterocycles. The fraction of sp³-hybridized carbons (Fsp3) is 0.286. The summed E-state index contributed by atoms with van der Waals surface area (Å²) in [4.78, 5) is 8.02. The van der Waals surface area contributed by atoms with E-state index in [0.29, 0.717) is 5.82 Å². The van der Waals surface area contributed by atoms with Crippen molar-refractivity contribution in [3.05, 3.63) is 23.8 Å². The Morgan fingerprint density at radius 2 is 2.46 bits per heavy atom. The SMILES string of the molecule is CC(Nc1nccs1)c1ncon1. The second-order valence-electron chi connectivity index (χ2n) is 2.49. The highest BCUT2D eigenvalue weighted by Gasteiger charge is 2.10. The van der Waals surface area contributed by atoms with Gasteiger partial charge in [-0.05, 0) is 6.92 Å². The van der Waals surface area contributed by atoms with Crippen molar-refractivity contribution in [1.29, 1.82) is 0 Å². The minimum absolute atomic E-state index is 0.0184. The van der Waals surface area contributed by atoms with Crippen molar-refractivity contribution in [2.24, 2.45) is 0 Å². The highest BCUT2D eigenvalue weighted by atomic mass is 32.1. The Kier molecular flexibility index (Phi) is 2.22. The highest BCUT2D eigenvalue weighted by Crippen LogP contribution is 2.17. The normalized spacial score (nSPS) is 12.7. The molecule has 5 nitrogen and oxygen atoms in total. The van der Waals surface area contributed by atoms with E-state index in [1.807, 2.05) is 12.3 Å². The number of hydrogen-bond acceptors (Lipinski definition) is 6. The van der Waals surface area contributed by atoms with Crippen LogP contribution in [0.3, 0.4) is 0 Å². The lowest BCUT2D eigenvalue weighted by atomic mass is 10.3. The van der Waals surface area contributed by atoms with E-state index in [4.69, 9.17) is 0 Å². The topological polar surface area (TPSA) is 63.8 Å². The zero-order valence-electron chi connectivity index (χ0n) is 6.97. The molecule has 1 atom stereocenters. The summed E-state index contributed by atoms with van der Waals surface area (Å²) in [6, 6.07) is 0.0184. The van der Waals surface area contributed by atoms with Crippen LogP contribution in [0, 0.1) is 0 Å². The molecular weight excluding hydrogens is 188 g/mol. The van der Waals surface area contributed by atoms with E-state index in [1.165, 1.54) is 6.39 Å². The molecule has 0 aliphatic rings. The van der Waals surface area contributed by atoms with Crippen LogP contribution in [-0.2, 0) is 0 Å². The average molecular weight is 196 g/mol. The summed E-state index contributed by atoms with van der Waals surface area (Å²) < 4.78 is 4.64. The summed E-state index contributed by atoms with van der Waals surface area (Å²) in [6.07, 6.45) is 3.06. The van der Waals surface area contributed by atoms with Crippen LogP contribution in [0.5, 0.6) is 0 Å². The number of nitrogens with zero attached hydrogens (tertiary/aromatic N) is 3. The van der Waals surface area contributed by atoms with Gasteiger partial charge in [0, 0.05) is 11.6 Å². The predicted octanol–water partition coefficient (Wildman–Crippen LogP) is 1.70. The predicted molar refractivity (Wildman–Crippen MR) is 48.4 cm³/mol. The van der Waals surface area contributed by atoms with Crippen LogP contribution in [0.1, 0.15) is 18.8 Å². The molecule has 6 heteroatoms. The summed E-state index contributed by atoms with van der Waals surface area (Å²) >= 11 is 1.54. The molecule has 0 fully saturated rings. The Balaban J connectivity index is 2.04. The van der Waals surface area contributed by atoms with Crippen LogP contribution in [0.4, 0.5) is 5.13 Å². The first-order valence-electron chi connectivity index (χ1n) is 3.78. The van der Waals surface area contributed by atoms with Crippen LogP contribution in [0.2, 0.25) is 0 Å². The number of hydrogen-bond donors (Lipinski definition) is 1. The summed E-state index contributed by atoms with van der Waals surface area (Å²) in [7, 11) is 0. The molecule has 2 heterocycles. The second kappa shape index (κ2) is 3.53. The smallest absolute Gasteiger partial charge is 0.213 e. The van der Waals surface area contributed by atoms with E-state index in [2.05, 4.69) is 25.0 Å². The van der Waals surface area contributed by atoms with Crippen molar-refractivity contribution in [1.82, 2.24) is 15.1 Å². The summed E-state index contributed by atoms with van der Waals surface area (Å²) in [5.74, 6) is 0.634. The van der Waals surface area contributed by atoms with Gasteiger partial charge in [-0.1, -0.05) is 5.16 Å². The van der Waals surface area contributed by atoms with Gasteiger partial charge in [-0.2, -0.15) is 4.98 Å². The Hall–Kier alpha value is -1.43. The molecule has 2 aromatic rings. The lowest BCUT2D eigenvalue weighted by Gasteiger charge is -2.06. The van der Waals surface area contributed by atoms with Gasteiger partial charge in [0.15, 0.2) is 11.0 Å². The molecule has 2 aromatic heterocycles. The van der Waals surface area contributed by atoms with E-state index >= 15 is 0 Å². The minimum Gasteiger partial charge on any atom is -0.352 e. The molecule has 68 valence electrons. The van der Waals surface area contributed by atoms with Crippen LogP contribution in [0.25, 0.3) is 0 Å². The fourth-order valence-electron chi connectivity index (χ4n) is 0.914. The lowest BCUT2D eigenvalue weighted by molar-refractivity contribution is 0.407. The maximum Gasteiger partial charge on any atom is 0.213 e. The number of nitrogens with one attached hydrogen (secondary N) is 1. The van der Waals surface area contributed by atoms with Crippen LogP contribution >= 0.6 is 11.3 Å². The van der Waals surface area contributed by atoms with E-state index < -0.39 is 0 Å². The first kappa shape index (κ1) is 8.18. The third kappa shape index (κ3) is 1.83. The van der Waals surface area contributed by atoms with Gasteiger partial charge >= 0.3 is 0 Å².